The van der Waals surface area contributed by atoms with Gasteiger partial charge in [0.15, 0.2) is 5.60 Å². The molecule has 8 heteroatoms. The van der Waals surface area contributed by atoms with Crippen molar-refractivity contribution in [2.45, 2.75) is 50.4 Å². The van der Waals surface area contributed by atoms with Crippen LogP contribution in [0.15, 0.2) is 18.7 Å². The fraction of sp³-hybridized carbons (Fsp3) is 0.619. The van der Waals surface area contributed by atoms with E-state index in [0.29, 0.717) is 23.0 Å². The van der Waals surface area contributed by atoms with E-state index in [4.69, 9.17) is 19.0 Å². The molecular weight excluding hydrogens is 395 g/mol. The number of phosphoric ester groups is 1. The lowest BCUT2D eigenvalue weighted by atomic mass is 9.47. The fourth-order valence-corrected chi connectivity index (χ4v) is 7.19. The van der Waals surface area contributed by atoms with Crippen LogP contribution in [0.3, 0.4) is 0 Å². The molecule has 4 aliphatic carbocycles. The van der Waals surface area contributed by atoms with Gasteiger partial charge < -0.3 is 9.26 Å². The Balaban J connectivity index is 1.62. The van der Waals surface area contributed by atoms with Crippen molar-refractivity contribution >= 4 is 13.9 Å². The van der Waals surface area contributed by atoms with Gasteiger partial charge >= 0.3 is 7.82 Å². The highest BCUT2D eigenvalue weighted by molar-refractivity contribution is 7.46. The molecule has 1 spiro atoms. The van der Waals surface area contributed by atoms with E-state index >= 15 is 0 Å². The van der Waals surface area contributed by atoms with Crippen LogP contribution in [-0.4, -0.2) is 22.5 Å². The fourth-order valence-electron chi connectivity index (χ4n) is 6.78. The van der Waals surface area contributed by atoms with E-state index in [2.05, 4.69) is 6.58 Å². The zero-order chi connectivity index (χ0) is 20.6. The van der Waals surface area contributed by atoms with Crippen LogP contribution >= 0.6 is 7.82 Å². The third kappa shape index (κ3) is 2.65. The number of hydrogen-bond acceptors (Lipinski definition) is 5. The molecule has 4 bridgehead atoms. The Morgan fingerprint density at radius 3 is 2.21 bits per heavy atom. The number of hydrogen-bond donors (Lipinski definition) is 2. The predicted molar refractivity (Wildman–Crippen MR) is 105 cm³/mol. The van der Waals surface area contributed by atoms with Crippen LogP contribution in [0.2, 0.25) is 0 Å². The molecule has 1 aliphatic heterocycles. The summed E-state index contributed by atoms with van der Waals surface area (Å²) in [5.41, 5.74) is 1.39. The van der Waals surface area contributed by atoms with E-state index in [9.17, 15) is 14.4 Å². The summed E-state index contributed by atoms with van der Waals surface area (Å²) in [6, 6.07) is 3.52. The van der Waals surface area contributed by atoms with Crippen molar-refractivity contribution in [1.82, 2.24) is 0 Å². The van der Waals surface area contributed by atoms with Crippen LogP contribution in [0.4, 0.5) is 0 Å². The lowest BCUT2D eigenvalue weighted by Crippen LogP contribution is -2.76. The zero-order valence-electron chi connectivity index (χ0n) is 16.7. The molecule has 6 rings (SSSR count). The summed E-state index contributed by atoms with van der Waals surface area (Å²) in [4.78, 5) is 30.5. The average Bonchev–Trinajstić information content (AvgIpc) is 2.59. The van der Waals surface area contributed by atoms with Gasteiger partial charge in [-0.05, 0) is 80.4 Å². The minimum absolute atomic E-state index is 0.0641. The molecule has 0 radical (unpaired) electrons. The van der Waals surface area contributed by atoms with Crippen LogP contribution in [0.5, 0.6) is 5.75 Å². The summed E-state index contributed by atoms with van der Waals surface area (Å²) >= 11 is 0. The summed E-state index contributed by atoms with van der Waals surface area (Å²) in [6.45, 7) is 5.60. The Kier molecular flexibility index (Phi) is 4.35. The van der Waals surface area contributed by atoms with Crippen LogP contribution in [0.1, 0.15) is 48.8 Å². The molecule has 158 valence electrons. The van der Waals surface area contributed by atoms with Crippen molar-refractivity contribution < 1.29 is 33.4 Å². The molecule has 4 saturated carbocycles. The van der Waals surface area contributed by atoms with Crippen LogP contribution < -0.4 is 4.52 Å². The molecule has 1 atom stereocenters. The van der Waals surface area contributed by atoms with E-state index in [1.54, 1.807) is 13.2 Å². The maximum absolute atomic E-state index is 11.5. The summed E-state index contributed by atoms with van der Waals surface area (Å²) in [5, 5.41) is 0. The molecule has 1 aromatic rings. The van der Waals surface area contributed by atoms with Crippen molar-refractivity contribution in [3.05, 3.63) is 35.4 Å². The second-order valence-electron chi connectivity index (χ2n) is 9.08. The van der Waals surface area contributed by atoms with E-state index in [1.165, 1.54) is 12.5 Å². The summed E-state index contributed by atoms with van der Waals surface area (Å²) in [5.74, 6) is 1.14. The average molecular weight is 422 g/mol. The first-order chi connectivity index (χ1) is 13.7. The lowest BCUT2D eigenvalue weighted by molar-refractivity contribution is -0.645. The maximum Gasteiger partial charge on any atom is 0.524 e. The Morgan fingerprint density at radius 1 is 1.14 bits per heavy atom. The van der Waals surface area contributed by atoms with Crippen molar-refractivity contribution in [1.29, 1.82) is 0 Å². The van der Waals surface area contributed by atoms with E-state index in [1.807, 2.05) is 13.0 Å². The topological polar surface area (TPSA) is 94.5 Å². The summed E-state index contributed by atoms with van der Waals surface area (Å²) in [6.07, 6.45) is 7.28. The van der Waals surface area contributed by atoms with Gasteiger partial charge in [0.1, 0.15) is 5.75 Å². The van der Waals surface area contributed by atoms with Gasteiger partial charge in [-0.3, -0.25) is 9.79 Å². The smallest absolute Gasteiger partial charge is 0.404 e. The predicted octanol–water partition coefficient (Wildman–Crippen LogP) is 4.07. The van der Waals surface area contributed by atoms with Crippen LogP contribution in [0, 0.1) is 30.6 Å². The number of ether oxygens (including phenoxy) is 1. The van der Waals surface area contributed by atoms with Crippen molar-refractivity contribution in [3.63, 3.8) is 0 Å². The number of methoxy groups -OCH3 is 1. The Labute approximate surface area is 170 Å². The highest BCUT2D eigenvalue weighted by Gasteiger charge is 2.76. The molecule has 1 heterocycles. The molecule has 29 heavy (non-hydrogen) atoms. The van der Waals surface area contributed by atoms with Gasteiger partial charge in [0.2, 0.25) is 0 Å². The number of rotatable bonds is 5. The minimum Gasteiger partial charge on any atom is -0.404 e. The largest absolute Gasteiger partial charge is 0.524 e. The number of aryl methyl sites for hydroxylation is 1. The molecule has 1 unspecified atom stereocenters. The maximum atomic E-state index is 11.5. The normalized spacial score (nSPS) is 40.1. The van der Waals surface area contributed by atoms with E-state index < -0.39 is 19.2 Å². The van der Waals surface area contributed by atoms with Crippen LogP contribution in [-0.2, 0) is 24.9 Å². The van der Waals surface area contributed by atoms with Crippen molar-refractivity contribution in [3.8, 4) is 5.75 Å². The van der Waals surface area contributed by atoms with Gasteiger partial charge in [-0.1, -0.05) is 12.7 Å². The molecule has 5 fully saturated rings. The molecule has 1 aromatic carbocycles. The number of benzene rings is 1. The first kappa shape index (κ1) is 19.7. The second kappa shape index (κ2) is 6.39. The number of phosphoric acid groups is 1. The molecular formula is C21H27O7P. The Morgan fingerprint density at radius 2 is 1.76 bits per heavy atom. The molecule has 5 aliphatic rings. The molecule has 1 saturated heterocycles. The van der Waals surface area contributed by atoms with E-state index in [0.717, 1.165) is 43.1 Å². The highest BCUT2D eigenvalue weighted by atomic mass is 31.2. The standard InChI is InChI=1S/C21H27O7P/c1-4-18-12(2)5-17(11-19(18)26-29(22,23)24)21(25-3)20(27-28-21)15-7-13-6-14(9-15)10-16(20)8-13/h4-5,11,13-16H,1,6-10H2,2-3H3,(H2,22,23,24). The van der Waals surface area contributed by atoms with Gasteiger partial charge in [0.05, 0.1) is 0 Å². The second-order valence-corrected chi connectivity index (χ2v) is 10.2. The van der Waals surface area contributed by atoms with Crippen molar-refractivity contribution in [2.24, 2.45) is 23.7 Å². The highest BCUT2D eigenvalue weighted by Crippen LogP contribution is 2.69. The first-order valence-corrected chi connectivity index (χ1v) is 11.7. The monoisotopic (exact) mass is 422 g/mol. The third-order valence-electron chi connectivity index (χ3n) is 7.60. The lowest BCUT2D eigenvalue weighted by Gasteiger charge is -2.68. The zero-order valence-corrected chi connectivity index (χ0v) is 17.6. The Hall–Kier alpha value is -1.21. The first-order valence-electron chi connectivity index (χ1n) is 10.2. The summed E-state index contributed by atoms with van der Waals surface area (Å²) < 4.78 is 22.6. The molecule has 7 nitrogen and oxygen atoms in total. The molecule has 0 amide bonds. The Bertz CT molecular complexity index is 875. The van der Waals surface area contributed by atoms with Gasteiger partial charge in [-0.15, -0.1) is 0 Å². The van der Waals surface area contributed by atoms with Crippen molar-refractivity contribution in [2.75, 3.05) is 7.11 Å². The summed E-state index contributed by atoms with van der Waals surface area (Å²) in [7, 11) is -3.13. The SMILES string of the molecule is C=Cc1c(C)cc(C2(OC)OOC23C2CC4CC(C2)CC3C4)cc1OP(=O)(O)O. The quantitative estimate of drug-likeness (QED) is 0.546. The minimum atomic E-state index is -4.74. The molecule has 2 N–H and O–H groups in total. The van der Waals surface area contributed by atoms with E-state index in [-0.39, 0.29) is 5.75 Å². The van der Waals surface area contributed by atoms with Gasteiger partial charge in [-0.25, -0.2) is 9.45 Å². The van der Waals surface area contributed by atoms with Gasteiger partial charge in [0, 0.05) is 18.2 Å². The third-order valence-corrected chi connectivity index (χ3v) is 8.03. The van der Waals surface area contributed by atoms with Gasteiger partial charge in [0.25, 0.3) is 5.79 Å². The molecule has 0 aromatic heterocycles. The van der Waals surface area contributed by atoms with Crippen LogP contribution in [0.25, 0.3) is 6.08 Å². The van der Waals surface area contributed by atoms with Gasteiger partial charge in [-0.2, -0.15) is 4.89 Å².